The summed E-state index contributed by atoms with van der Waals surface area (Å²) in [5.41, 5.74) is 5.04. The highest BCUT2D eigenvalue weighted by Crippen LogP contribution is 1.89. The first-order valence-corrected chi connectivity index (χ1v) is 2.86. The largest absolute Gasteiger partial charge is 0.480 e. The molecule has 0 aliphatic rings. The normalized spacial score (nSPS) is 16.4. The van der Waals surface area contributed by atoms with Crippen molar-refractivity contribution in [3.05, 3.63) is 0 Å². The predicted octanol–water partition coefficient (Wildman–Crippen LogP) is -2.49. The molecular formula is C5H10N2O4. The number of aliphatic carboxylic acids is 1. The average Bonchev–Trinajstić information content (AvgIpc) is 2.05. The van der Waals surface area contributed by atoms with Gasteiger partial charge >= 0.3 is 5.97 Å². The summed E-state index contributed by atoms with van der Waals surface area (Å²) >= 11 is 0. The summed E-state index contributed by atoms with van der Waals surface area (Å²) in [7, 11) is 1.29. The zero-order chi connectivity index (χ0) is 9.72. The molecule has 0 aliphatic heterocycles. The number of likely N-dealkylation sites (N-methyl/N-ethyl adjacent to an activating group) is 1. The molecule has 0 saturated carbocycles. The number of amides is 1. The molecule has 64 valence electrons. The number of carbonyl (C=O) groups excluding carboxylic acids is 1. The van der Waals surface area contributed by atoms with Crippen molar-refractivity contribution in [2.75, 3.05) is 7.05 Å². The van der Waals surface area contributed by atoms with Crippen LogP contribution in [0.5, 0.6) is 0 Å². The minimum absolute atomic E-state index is 0.736. The lowest BCUT2D eigenvalue weighted by molar-refractivity contribution is -0.145. The van der Waals surface area contributed by atoms with Crippen LogP contribution in [0.3, 0.4) is 0 Å². The van der Waals surface area contributed by atoms with Crippen molar-refractivity contribution in [2.24, 2.45) is 5.73 Å². The Bertz CT molecular complexity index is 186. The highest BCUT2D eigenvalue weighted by atomic mass is 16.4. The molecule has 1 amide bonds. The monoisotopic (exact) mass is 163 g/mol. The fourth-order valence-electron chi connectivity index (χ4n) is 0.435. The van der Waals surface area contributed by atoms with Crippen LogP contribution >= 0.6 is 0 Å². The number of hydrogen-bond donors (Lipinski definition) is 4. The Balaban J connectivity index is 4.33. The first-order chi connectivity index (χ1) is 5.54. The van der Waals surface area contributed by atoms with E-state index in [0.717, 1.165) is 0 Å². The first-order valence-electron chi connectivity index (χ1n) is 3.27. The summed E-state index contributed by atoms with van der Waals surface area (Å²) < 4.78 is 6.41. The van der Waals surface area contributed by atoms with Crippen molar-refractivity contribution < 1.29 is 19.8 Å². The maximum atomic E-state index is 10.8. The van der Waals surface area contributed by atoms with Crippen molar-refractivity contribution in [3.63, 3.8) is 0 Å². The van der Waals surface area contributed by atoms with E-state index in [1.54, 1.807) is 0 Å². The van der Waals surface area contributed by atoms with Gasteiger partial charge < -0.3 is 21.3 Å². The van der Waals surface area contributed by atoms with Gasteiger partial charge in [0.2, 0.25) is 1.43 Å². The standard InChI is InChI=1S/C5H10N2O4/c1-7-4(9)3(8)2(6)5(10)11/h2-3,8H,6H2,1H3,(H,7,9)(H,10,11)/t2-,3+/m0/s1/i8D. The molecule has 0 unspecified atom stereocenters. The minimum Gasteiger partial charge on any atom is -0.480 e. The van der Waals surface area contributed by atoms with Crippen LogP contribution in [0.4, 0.5) is 0 Å². The van der Waals surface area contributed by atoms with Crippen LogP contribution < -0.4 is 11.1 Å². The Morgan fingerprint density at radius 2 is 2.27 bits per heavy atom. The summed E-state index contributed by atoms with van der Waals surface area (Å²) in [5.74, 6) is -2.13. The first kappa shape index (κ1) is 7.96. The molecule has 5 N–H and O–H groups in total. The molecule has 11 heavy (non-hydrogen) atoms. The van der Waals surface area contributed by atoms with Gasteiger partial charge in [-0.2, -0.15) is 0 Å². The Morgan fingerprint density at radius 3 is 2.55 bits per heavy atom. The molecule has 0 aromatic carbocycles. The van der Waals surface area contributed by atoms with Crippen molar-refractivity contribution in [1.82, 2.24) is 5.32 Å². The van der Waals surface area contributed by atoms with Crippen LogP contribution in [-0.4, -0.2) is 42.7 Å². The van der Waals surface area contributed by atoms with Gasteiger partial charge in [-0.05, 0) is 0 Å². The predicted molar refractivity (Wildman–Crippen MR) is 35.7 cm³/mol. The molecule has 0 aromatic heterocycles. The topological polar surface area (TPSA) is 113 Å². The highest BCUT2D eigenvalue weighted by molar-refractivity contribution is 5.88. The van der Waals surface area contributed by atoms with Gasteiger partial charge in [-0.1, -0.05) is 0 Å². The average molecular weight is 163 g/mol. The van der Waals surface area contributed by atoms with Gasteiger partial charge in [0.25, 0.3) is 5.91 Å². The molecule has 0 heterocycles. The third-order valence-electron chi connectivity index (χ3n) is 1.12. The SMILES string of the molecule is [2H]O[C@@H](C(=O)NC)[C@H](N)C(=O)O. The van der Waals surface area contributed by atoms with E-state index in [4.69, 9.17) is 12.3 Å². The van der Waals surface area contributed by atoms with Gasteiger partial charge in [-0.15, -0.1) is 0 Å². The van der Waals surface area contributed by atoms with E-state index in [1.807, 2.05) is 0 Å². The van der Waals surface area contributed by atoms with Crippen molar-refractivity contribution in [1.29, 1.82) is 1.43 Å². The second-order valence-corrected chi connectivity index (χ2v) is 1.90. The number of aliphatic hydroxyl groups is 1. The summed E-state index contributed by atoms with van der Waals surface area (Å²) in [4.78, 5) is 21.0. The molecule has 0 rings (SSSR count). The quantitative estimate of drug-likeness (QED) is 0.366. The van der Waals surface area contributed by atoms with Crippen molar-refractivity contribution in [3.8, 4) is 0 Å². The number of carbonyl (C=O) groups is 2. The molecule has 0 aromatic rings. The third-order valence-corrected chi connectivity index (χ3v) is 1.12. The number of rotatable bonds is 4. The van der Waals surface area contributed by atoms with E-state index in [-0.39, 0.29) is 0 Å². The van der Waals surface area contributed by atoms with Crippen LogP contribution in [-0.2, 0) is 9.59 Å². The molecule has 0 spiro atoms. The van der Waals surface area contributed by atoms with Crippen molar-refractivity contribution >= 4 is 11.9 Å². The highest BCUT2D eigenvalue weighted by Gasteiger charge is 2.27. The molecule has 0 saturated heterocycles. The van der Waals surface area contributed by atoms with Gasteiger partial charge in [0, 0.05) is 7.05 Å². The fourth-order valence-corrected chi connectivity index (χ4v) is 0.435. The zero-order valence-corrected chi connectivity index (χ0v) is 5.90. The van der Waals surface area contributed by atoms with Crippen molar-refractivity contribution in [2.45, 2.75) is 12.1 Å². The van der Waals surface area contributed by atoms with Crippen LogP contribution in [0.2, 0.25) is 0 Å². The maximum absolute atomic E-state index is 10.8. The Kier molecular flexibility index (Phi) is 2.82. The van der Waals surface area contributed by atoms with Gasteiger partial charge in [0.1, 0.15) is 6.04 Å². The van der Waals surface area contributed by atoms with E-state index >= 15 is 0 Å². The number of hydrogen-bond acceptors (Lipinski definition) is 4. The van der Waals surface area contributed by atoms with Gasteiger partial charge in [0.15, 0.2) is 6.10 Å². The number of aliphatic hydroxyl groups excluding tert-OH is 1. The lowest BCUT2D eigenvalue weighted by Crippen LogP contribution is -2.49. The Hall–Kier alpha value is -1.14. The number of carboxylic acid groups (broad SMARTS) is 1. The number of nitrogens with one attached hydrogen (secondary N) is 1. The molecule has 2 atom stereocenters. The van der Waals surface area contributed by atoms with E-state index in [9.17, 15) is 9.59 Å². The summed E-state index contributed by atoms with van der Waals surface area (Å²) in [6.07, 6.45) is -1.48. The summed E-state index contributed by atoms with van der Waals surface area (Å²) in [6, 6.07) is -1.53. The number of nitrogens with two attached hydrogens (primary N) is 1. The summed E-state index contributed by atoms with van der Waals surface area (Å²) in [5, 5.41) is 14.3. The molecule has 6 nitrogen and oxygen atoms in total. The molecule has 0 bridgehead atoms. The van der Waals surface area contributed by atoms with Crippen LogP contribution in [0, 0.1) is 0 Å². The minimum atomic E-state index is -1.53. The Labute approximate surface area is 64.5 Å². The molecule has 0 aliphatic carbocycles. The van der Waals surface area contributed by atoms with Crippen LogP contribution in [0.1, 0.15) is 0 Å². The van der Waals surface area contributed by atoms with Crippen LogP contribution in [0.15, 0.2) is 0 Å². The smallest absolute Gasteiger partial charge is 0.323 e. The lowest BCUT2D eigenvalue weighted by Gasteiger charge is -2.12. The fraction of sp³-hybridized carbons (Fsp3) is 0.600. The van der Waals surface area contributed by atoms with E-state index in [1.165, 1.54) is 7.05 Å². The van der Waals surface area contributed by atoms with Gasteiger partial charge in [-0.3, -0.25) is 9.59 Å². The Morgan fingerprint density at radius 1 is 1.73 bits per heavy atom. The molecular weight excluding hydrogens is 152 g/mol. The molecule has 6 heteroatoms. The zero-order valence-electron chi connectivity index (χ0n) is 6.90. The lowest BCUT2D eigenvalue weighted by atomic mass is 10.1. The number of carboxylic acids is 1. The van der Waals surface area contributed by atoms with E-state index < -0.39 is 24.0 Å². The molecule has 0 fully saturated rings. The van der Waals surface area contributed by atoms with Gasteiger partial charge in [-0.25, -0.2) is 0 Å². The second kappa shape index (κ2) is 3.89. The third kappa shape index (κ3) is 2.52. The summed E-state index contributed by atoms with van der Waals surface area (Å²) in [6.45, 7) is 0. The van der Waals surface area contributed by atoms with E-state index in [2.05, 4.69) is 10.4 Å². The van der Waals surface area contributed by atoms with Gasteiger partial charge in [0.05, 0.1) is 0 Å². The van der Waals surface area contributed by atoms with Crippen LogP contribution in [0.25, 0.3) is 0 Å². The van der Waals surface area contributed by atoms with E-state index in [0.29, 0.717) is 0 Å². The molecule has 0 radical (unpaired) electrons. The second-order valence-electron chi connectivity index (χ2n) is 1.90. The maximum Gasteiger partial charge on any atom is 0.323 e.